The normalized spacial score (nSPS) is 10.5. The van der Waals surface area contributed by atoms with Crippen LogP contribution < -0.4 is 20.4 Å². The Labute approximate surface area is 169 Å². The van der Waals surface area contributed by atoms with Crippen molar-refractivity contribution in [1.29, 1.82) is 0 Å². The highest BCUT2D eigenvalue weighted by Crippen LogP contribution is 2.22. The Balaban J connectivity index is 1.92. The lowest BCUT2D eigenvalue weighted by Gasteiger charge is -2.22. The second-order valence-electron chi connectivity index (χ2n) is 6.79. The quantitative estimate of drug-likeness (QED) is 0.623. The fourth-order valence-corrected chi connectivity index (χ4v) is 3.36. The second-order valence-corrected chi connectivity index (χ2v) is 6.79. The summed E-state index contributed by atoms with van der Waals surface area (Å²) < 4.78 is 0. The minimum Gasteiger partial charge on any atom is -0.376 e. The molecule has 0 radical (unpaired) electrons. The number of carbonyl (C=O) groups is 1. The largest absolute Gasteiger partial charge is 0.376 e. The molecule has 0 fully saturated rings. The SMILES string of the molecule is CCN(CC)c1ccc(NC(=O)CNc2ccc(N(CC)CC)cc2C)cc1. The van der Waals surface area contributed by atoms with Crippen molar-refractivity contribution in [3.05, 3.63) is 48.0 Å². The molecule has 28 heavy (non-hydrogen) atoms. The van der Waals surface area contributed by atoms with Crippen molar-refractivity contribution in [3.8, 4) is 0 Å². The van der Waals surface area contributed by atoms with Crippen LogP contribution in [0.25, 0.3) is 0 Å². The zero-order valence-electron chi connectivity index (χ0n) is 17.9. The lowest BCUT2D eigenvalue weighted by atomic mass is 10.1. The van der Waals surface area contributed by atoms with E-state index < -0.39 is 0 Å². The lowest BCUT2D eigenvalue weighted by Crippen LogP contribution is -2.23. The van der Waals surface area contributed by atoms with E-state index in [2.05, 4.69) is 73.3 Å². The van der Waals surface area contributed by atoms with E-state index in [-0.39, 0.29) is 12.5 Å². The number of amides is 1. The van der Waals surface area contributed by atoms with E-state index in [4.69, 9.17) is 0 Å². The van der Waals surface area contributed by atoms with Gasteiger partial charge in [0.25, 0.3) is 0 Å². The molecule has 1 amide bonds. The zero-order chi connectivity index (χ0) is 20.5. The Morgan fingerprint density at radius 1 is 0.821 bits per heavy atom. The molecule has 2 rings (SSSR count). The molecule has 0 spiro atoms. The second kappa shape index (κ2) is 10.6. The van der Waals surface area contributed by atoms with E-state index in [0.29, 0.717) is 0 Å². The van der Waals surface area contributed by atoms with Crippen LogP contribution >= 0.6 is 0 Å². The van der Waals surface area contributed by atoms with Crippen LogP contribution in [0.3, 0.4) is 0 Å². The number of rotatable bonds is 10. The Bertz CT molecular complexity index is 750. The molecule has 0 unspecified atom stereocenters. The number of aryl methyl sites for hydroxylation is 1. The fourth-order valence-electron chi connectivity index (χ4n) is 3.36. The molecule has 0 aliphatic carbocycles. The maximum Gasteiger partial charge on any atom is 0.243 e. The highest BCUT2D eigenvalue weighted by molar-refractivity contribution is 5.94. The molecule has 0 bridgehead atoms. The van der Waals surface area contributed by atoms with Crippen molar-refractivity contribution in [2.45, 2.75) is 34.6 Å². The van der Waals surface area contributed by atoms with Gasteiger partial charge in [-0.25, -0.2) is 0 Å². The van der Waals surface area contributed by atoms with Crippen LogP contribution in [-0.4, -0.2) is 38.6 Å². The zero-order valence-corrected chi connectivity index (χ0v) is 17.9. The molecule has 0 atom stereocenters. The van der Waals surface area contributed by atoms with Gasteiger partial charge in [0.2, 0.25) is 5.91 Å². The van der Waals surface area contributed by atoms with Gasteiger partial charge >= 0.3 is 0 Å². The number of nitrogens with one attached hydrogen (secondary N) is 2. The van der Waals surface area contributed by atoms with Crippen molar-refractivity contribution in [1.82, 2.24) is 0 Å². The van der Waals surface area contributed by atoms with Gasteiger partial charge < -0.3 is 20.4 Å². The van der Waals surface area contributed by atoms with Gasteiger partial charge in [0.05, 0.1) is 6.54 Å². The van der Waals surface area contributed by atoms with E-state index >= 15 is 0 Å². The number of nitrogens with zero attached hydrogens (tertiary/aromatic N) is 2. The average molecular weight is 383 g/mol. The molecular formula is C23H34N4O. The van der Waals surface area contributed by atoms with E-state index in [9.17, 15) is 4.79 Å². The first kappa shape index (κ1) is 21.6. The molecule has 0 aliphatic heterocycles. The summed E-state index contributed by atoms with van der Waals surface area (Å²) in [5, 5.41) is 6.20. The van der Waals surface area contributed by atoms with Gasteiger partial charge in [0.1, 0.15) is 0 Å². The van der Waals surface area contributed by atoms with Crippen LogP contribution in [0.1, 0.15) is 33.3 Å². The standard InChI is InChI=1S/C23H34N4O/c1-6-26(7-2)20-12-10-19(11-13-20)25-23(28)17-24-22-15-14-21(16-18(22)5)27(8-3)9-4/h10-16,24H,6-9,17H2,1-5H3,(H,25,28). The first-order valence-corrected chi connectivity index (χ1v) is 10.3. The summed E-state index contributed by atoms with van der Waals surface area (Å²) in [5.41, 5.74) is 5.33. The Morgan fingerprint density at radius 2 is 1.36 bits per heavy atom. The maximum absolute atomic E-state index is 12.3. The van der Waals surface area contributed by atoms with Crippen molar-refractivity contribution in [3.63, 3.8) is 0 Å². The van der Waals surface area contributed by atoms with E-state index in [1.54, 1.807) is 0 Å². The number of benzene rings is 2. The van der Waals surface area contributed by atoms with Gasteiger partial charge in [-0.2, -0.15) is 0 Å². The van der Waals surface area contributed by atoms with Crippen LogP contribution in [0.5, 0.6) is 0 Å². The van der Waals surface area contributed by atoms with E-state index in [0.717, 1.165) is 43.1 Å². The fraction of sp³-hybridized carbons (Fsp3) is 0.435. The summed E-state index contributed by atoms with van der Waals surface area (Å²) in [6.07, 6.45) is 0. The number of anilines is 4. The van der Waals surface area contributed by atoms with Crippen LogP contribution in [-0.2, 0) is 4.79 Å². The van der Waals surface area contributed by atoms with Crippen LogP contribution in [0, 0.1) is 6.92 Å². The highest BCUT2D eigenvalue weighted by atomic mass is 16.1. The number of hydrogen-bond acceptors (Lipinski definition) is 4. The third-order valence-corrected chi connectivity index (χ3v) is 5.06. The molecule has 2 aromatic rings. The summed E-state index contributed by atoms with van der Waals surface area (Å²) in [4.78, 5) is 16.9. The van der Waals surface area contributed by atoms with Crippen LogP contribution in [0.15, 0.2) is 42.5 Å². The molecule has 5 nitrogen and oxygen atoms in total. The monoisotopic (exact) mass is 382 g/mol. The molecule has 0 saturated heterocycles. The molecule has 5 heteroatoms. The van der Waals surface area contributed by atoms with Gasteiger partial charge in [0.15, 0.2) is 0 Å². The molecule has 2 aromatic carbocycles. The molecule has 0 heterocycles. The lowest BCUT2D eigenvalue weighted by molar-refractivity contribution is -0.114. The first-order valence-electron chi connectivity index (χ1n) is 10.3. The van der Waals surface area contributed by atoms with Crippen molar-refractivity contribution in [2.75, 3.05) is 53.2 Å². The van der Waals surface area contributed by atoms with Gasteiger partial charge in [-0.15, -0.1) is 0 Å². The molecule has 0 aromatic heterocycles. The van der Waals surface area contributed by atoms with Crippen molar-refractivity contribution < 1.29 is 4.79 Å². The third kappa shape index (κ3) is 5.65. The molecule has 2 N–H and O–H groups in total. The Morgan fingerprint density at radius 3 is 1.89 bits per heavy atom. The van der Waals surface area contributed by atoms with Crippen molar-refractivity contribution >= 4 is 28.7 Å². The topological polar surface area (TPSA) is 47.6 Å². The molecule has 0 saturated carbocycles. The Hall–Kier alpha value is -2.69. The smallest absolute Gasteiger partial charge is 0.243 e. The third-order valence-electron chi connectivity index (χ3n) is 5.06. The molecule has 152 valence electrons. The van der Waals surface area contributed by atoms with E-state index in [1.807, 2.05) is 24.3 Å². The minimum absolute atomic E-state index is 0.0530. The summed E-state index contributed by atoms with van der Waals surface area (Å²) in [6, 6.07) is 14.3. The van der Waals surface area contributed by atoms with Gasteiger partial charge in [0, 0.05) is 48.9 Å². The molecule has 0 aliphatic rings. The van der Waals surface area contributed by atoms with Gasteiger partial charge in [-0.3, -0.25) is 4.79 Å². The maximum atomic E-state index is 12.3. The summed E-state index contributed by atoms with van der Waals surface area (Å²) in [7, 11) is 0. The van der Waals surface area contributed by atoms with Crippen LogP contribution in [0.2, 0.25) is 0 Å². The number of carbonyl (C=O) groups excluding carboxylic acids is 1. The number of hydrogen-bond donors (Lipinski definition) is 2. The van der Waals surface area contributed by atoms with Crippen molar-refractivity contribution in [2.24, 2.45) is 0 Å². The summed E-state index contributed by atoms with van der Waals surface area (Å²) >= 11 is 0. The predicted octanol–water partition coefficient (Wildman–Crippen LogP) is 4.74. The van der Waals surface area contributed by atoms with Crippen LogP contribution in [0.4, 0.5) is 22.7 Å². The first-order chi connectivity index (χ1) is 13.5. The minimum atomic E-state index is -0.0530. The summed E-state index contributed by atoms with van der Waals surface area (Å²) in [6.45, 7) is 14.8. The van der Waals surface area contributed by atoms with Gasteiger partial charge in [-0.05, 0) is 82.6 Å². The predicted molar refractivity (Wildman–Crippen MR) is 122 cm³/mol. The Kier molecular flexibility index (Phi) is 8.18. The highest BCUT2D eigenvalue weighted by Gasteiger charge is 2.08. The molecular weight excluding hydrogens is 348 g/mol. The van der Waals surface area contributed by atoms with Gasteiger partial charge in [-0.1, -0.05) is 0 Å². The van der Waals surface area contributed by atoms with E-state index in [1.165, 1.54) is 11.4 Å². The summed E-state index contributed by atoms with van der Waals surface area (Å²) in [5.74, 6) is -0.0530. The average Bonchev–Trinajstić information content (AvgIpc) is 2.70.